The second-order valence-electron chi connectivity index (χ2n) is 15.1. The van der Waals surface area contributed by atoms with Crippen LogP contribution in [-0.2, 0) is 29.2 Å². The highest BCUT2D eigenvalue weighted by molar-refractivity contribution is 6.79. The number of hydrogen-bond acceptors (Lipinski definition) is 6. The van der Waals surface area contributed by atoms with Crippen LogP contribution in [0.4, 0.5) is 10.5 Å². The molecule has 2 atom stereocenters. The van der Waals surface area contributed by atoms with E-state index < -0.39 is 16.3 Å². The van der Waals surface area contributed by atoms with E-state index in [0.717, 1.165) is 46.0 Å². The molecule has 0 bridgehead atoms. The number of imidazole rings is 1. The van der Waals surface area contributed by atoms with Crippen LogP contribution in [0.5, 0.6) is 0 Å². The Labute approximate surface area is 313 Å². The first-order valence-corrected chi connectivity index (χ1v) is 25.3. The van der Waals surface area contributed by atoms with Crippen LogP contribution >= 0.6 is 0 Å². The lowest BCUT2D eigenvalue weighted by Crippen LogP contribution is -2.64. The molecular formula is C41H59N5O4Si2. The van der Waals surface area contributed by atoms with Gasteiger partial charge in [-0.05, 0) is 66.9 Å². The summed E-state index contributed by atoms with van der Waals surface area (Å²) in [6, 6.07) is 25.2. The van der Waals surface area contributed by atoms with E-state index >= 15 is 0 Å². The summed E-state index contributed by atoms with van der Waals surface area (Å²) >= 11 is 0. The lowest BCUT2D eigenvalue weighted by Gasteiger charge is -2.49. The van der Waals surface area contributed by atoms with E-state index in [2.05, 4.69) is 91.7 Å². The molecule has 0 N–H and O–H groups in total. The number of nitrogens with zero attached hydrogens (tertiary/aromatic N) is 5. The quantitative estimate of drug-likeness (QED) is 0.113. The van der Waals surface area contributed by atoms with E-state index in [1.54, 1.807) is 0 Å². The molecule has 1 aromatic heterocycles. The zero-order valence-electron chi connectivity index (χ0n) is 32.6. The maximum Gasteiger partial charge on any atom is 0.403 e. The fraction of sp³-hybridized carbons (Fsp3) is 0.488. The predicted octanol–water partition coefficient (Wildman–Crippen LogP) is 9.16. The van der Waals surface area contributed by atoms with Gasteiger partial charge in [0.05, 0.1) is 20.8 Å². The summed E-state index contributed by atoms with van der Waals surface area (Å²) < 4.78 is 16.6. The van der Waals surface area contributed by atoms with Gasteiger partial charge in [0.25, 0.3) is 5.91 Å². The molecule has 9 nitrogen and oxygen atoms in total. The molecule has 11 heteroatoms. The van der Waals surface area contributed by atoms with Gasteiger partial charge in [0.1, 0.15) is 12.6 Å². The van der Waals surface area contributed by atoms with Gasteiger partial charge in [0, 0.05) is 55.4 Å². The van der Waals surface area contributed by atoms with Crippen LogP contribution in [0.25, 0.3) is 10.8 Å². The summed E-state index contributed by atoms with van der Waals surface area (Å²) in [7, 11) is -3.82. The Morgan fingerprint density at radius 3 is 2.31 bits per heavy atom. The number of rotatable bonds is 15. The number of hydrogen-bond donors (Lipinski definition) is 0. The van der Waals surface area contributed by atoms with E-state index in [-0.39, 0.29) is 23.9 Å². The van der Waals surface area contributed by atoms with Crippen LogP contribution < -0.4 is 4.90 Å². The third kappa shape index (κ3) is 8.47. The average Bonchev–Trinajstić information content (AvgIpc) is 3.51. The predicted molar refractivity (Wildman–Crippen MR) is 217 cm³/mol. The summed E-state index contributed by atoms with van der Waals surface area (Å²) in [6.07, 6.45) is 4.59. The van der Waals surface area contributed by atoms with Gasteiger partial charge in [-0.1, -0.05) is 95.0 Å². The van der Waals surface area contributed by atoms with Crippen molar-refractivity contribution in [2.75, 3.05) is 24.6 Å². The molecule has 1 aliphatic rings. The van der Waals surface area contributed by atoms with Gasteiger partial charge in [-0.3, -0.25) is 4.79 Å². The summed E-state index contributed by atoms with van der Waals surface area (Å²) in [5.41, 5.74) is 3.03. The number of carbonyl (C=O) groups excluding carboxylic acids is 2. The summed E-state index contributed by atoms with van der Waals surface area (Å²) in [4.78, 5) is 37.9. The minimum absolute atomic E-state index is 0.0150. The monoisotopic (exact) mass is 741 g/mol. The highest BCUT2D eigenvalue weighted by Gasteiger charge is 2.46. The second kappa shape index (κ2) is 17.3. The number of benzene rings is 3. The maximum atomic E-state index is 14.4. The van der Waals surface area contributed by atoms with Crippen molar-refractivity contribution in [2.45, 2.75) is 110 Å². The fourth-order valence-electron chi connectivity index (χ4n) is 7.52. The Morgan fingerprint density at radius 1 is 0.904 bits per heavy atom. The Morgan fingerprint density at radius 2 is 1.60 bits per heavy atom. The van der Waals surface area contributed by atoms with Gasteiger partial charge < -0.3 is 28.4 Å². The zero-order valence-corrected chi connectivity index (χ0v) is 34.6. The number of aromatic nitrogens is 2. The van der Waals surface area contributed by atoms with Crippen molar-refractivity contribution in [3.05, 3.63) is 96.1 Å². The molecule has 52 heavy (non-hydrogen) atoms. The number of carbonyl (C=O) groups is 2. The normalized spacial score (nSPS) is 14.8. The van der Waals surface area contributed by atoms with Gasteiger partial charge in [-0.15, -0.1) is 0 Å². The van der Waals surface area contributed by atoms with Crippen molar-refractivity contribution in [1.29, 1.82) is 0 Å². The van der Waals surface area contributed by atoms with Crippen LogP contribution in [0.3, 0.4) is 0 Å². The number of ether oxygens (including phenoxy) is 2. The fourth-order valence-corrected chi connectivity index (χ4v) is 12.0. The van der Waals surface area contributed by atoms with E-state index in [1.807, 2.05) is 60.6 Å². The number of para-hydroxylation sites is 1. The highest BCUT2D eigenvalue weighted by atomic mass is 28.3. The smallest absolute Gasteiger partial charge is 0.403 e. The average molecular weight is 742 g/mol. The molecule has 3 aromatic carbocycles. The molecule has 5 rings (SSSR count). The van der Waals surface area contributed by atoms with Crippen molar-refractivity contribution >= 4 is 44.8 Å². The Kier molecular flexibility index (Phi) is 13.0. The molecule has 0 spiro atoms. The SMILES string of the molecule is CCOC(=O)N(C(CCc1nccn1COC(C)[Si](C)(C)C)N1CCN(C(=O)c2cccc3ccccc23)Cc2ccccc21)[Si](CC)(CC)CC. The van der Waals surface area contributed by atoms with Gasteiger partial charge in [0.15, 0.2) is 8.24 Å². The van der Waals surface area contributed by atoms with Crippen LogP contribution in [0.1, 0.15) is 62.8 Å². The number of anilines is 1. The summed E-state index contributed by atoms with van der Waals surface area (Å²) in [5.74, 6) is 0.949. The third-order valence-corrected chi connectivity index (χ3v) is 19.4. The molecule has 0 saturated heterocycles. The molecule has 280 valence electrons. The molecule has 2 amide bonds. The van der Waals surface area contributed by atoms with Crippen LogP contribution in [0, 0.1) is 0 Å². The third-order valence-electron chi connectivity index (χ3n) is 11.3. The summed E-state index contributed by atoms with van der Waals surface area (Å²) in [5, 5.41) is 2.01. The largest absolute Gasteiger partial charge is 0.450 e. The highest BCUT2D eigenvalue weighted by Crippen LogP contribution is 2.36. The molecule has 0 aliphatic carbocycles. The lowest BCUT2D eigenvalue weighted by molar-refractivity contribution is 0.0546. The van der Waals surface area contributed by atoms with Gasteiger partial charge in [-0.2, -0.15) is 0 Å². The first-order valence-electron chi connectivity index (χ1n) is 19.2. The van der Waals surface area contributed by atoms with Crippen molar-refractivity contribution in [2.24, 2.45) is 0 Å². The molecule has 4 aromatic rings. The standard InChI is InChI=1S/C41H59N5O4Si2/c1-9-49-41(48)46(52(10-2,11-3)12-4)39(25-24-38-42-26-27-44(38)31-50-32(5)51(6,7)8)45-29-28-43(30-34-19-14-16-23-37(34)45)40(47)36-22-17-20-33-18-13-15-21-35(33)36/h13-23,26-27,32,39H,9-12,24-25,28-31H2,1-8H3. The maximum absolute atomic E-state index is 14.4. The van der Waals surface area contributed by atoms with E-state index in [0.29, 0.717) is 51.4 Å². The number of fused-ring (bicyclic) bond motifs is 2. The first kappa shape index (κ1) is 39.3. The Balaban J connectivity index is 1.54. The molecule has 1 aliphatic heterocycles. The zero-order chi connectivity index (χ0) is 37.5. The first-order chi connectivity index (χ1) is 25.0. The van der Waals surface area contributed by atoms with Crippen molar-refractivity contribution in [1.82, 2.24) is 19.0 Å². The van der Waals surface area contributed by atoms with Crippen molar-refractivity contribution in [3.8, 4) is 0 Å². The molecule has 0 saturated carbocycles. The van der Waals surface area contributed by atoms with Crippen LogP contribution in [0.15, 0.2) is 79.1 Å². The second-order valence-corrected chi connectivity index (χ2v) is 25.7. The van der Waals surface area contributed by atoms with E-state index in [9.17, 15) is 9.59 Å². The Bertz CT molecular complexity index is 1790. The van der Waals surface area contributed by atoms with Crippen LogP contribution in [-0.4, -0.2) is 78.9 Å². The van der Waals surface area contributed by atoms with Crippen molar-refractivity contribution in [3.63, 3.8) is 0 Å². The van der Waals surface area contributed by atoms with Crippen LogP contribution in [0.2, 0.25) is 37.8 Å². The molecule has 0 fully saturated rings. The van der Waals surface area contributed by atoms with Gasteiger partial charge in [-0.25, -0.2) is 9.78 Å². The van der Waals surface area contributed by atoms with Crippen molar-refractivity contribution < 1.29 is 19.1 Å². The Hall–Kier alpha value is -3.94. The minimum Gasteiger partial charge on any atom is -0.450 e. The molecule has 2 heterocycles. The molecular weight excluding hydrogens is 683 g/mol. The lowest BCUT2D eigenvalue weighted by atomic mass is 10.0. The number of aryl methyl sites for hydroxylation is 1. The molecule has 0 radical (unpaired) electrons. The van der Waals surface area contributed by atoms with E-state index in [1.165, 1.54) is 0 Å². The molecule has 2 unspecified atom stereocenters. The van der Waals surface area contributed by atoms with Gasteiger partial charge in [0.2, 0.25) is 0 Å². The number of amides is 2. The summed E-state index contributed by atoms with van der Waals surface area (Å²) in [6.45, 7) is 20.0. The van der Waals surface area contributed by atoms with E-state index in [4.69, 9.17) is 14.5 Å². The van der Waals surface area contributed by atoms with Gasteiger partial charge >= 0.3 is 6.09 Å². The topological polar surface area (TPSA) is 80.1 Å². The minimum atomic E-state index is -2.35.